The van der Waals surface area contributed by atoms with Gasteiger partial charge in [-0.1, -0.05) is 48.0 Å². The molecule has 33 heavy (non-hydrogen) atoms. The lowest BCUT2D eigenvalue weighted by Crippen LogP contribution is -2.43. The number of sulfonamides is 1. The van der Waals surface area contributed by atoms with Gasteiger partial charge >= 0.3 is 0 Å². The van der Waals surface area contributed by atoms with Gasteiger partial charge in [-0.05, 0) is 57.5 Å². The third-order valence-corrected chi connectivity index (χ3v) is 8.41. The first-order valence-electron chi connectivity index (χ1n) is 11.8. The van der Waals surface area contributed by atoms with Gasteiger partial charge in [0.05, 0.1) is 17.6 Å². The van der Waals surface area contributed by atoms with Crippen LogP contribution in [-0.4, -0.2) is 65.9 Å². The molecule has 0 radical (unpaired) electrons. The number of nitrogens with zero attached hydrogens (tertiary/aromatic N) is 4. The van der Waals surface area contributed by atoms with Crippen molar-refractivity contribution in [2.24, 2.45) is 0 Å². The van der Waals surface area contributed by atoms with Crippen LogP contribution in [0.3, 0.4) is 0 Å². The Morgan fingerprint density at radius 3 is 2.24 bits per heavy atom. The van der Waals surface area contributed by atoms with Crippen LogP contribution in [-0.2, 0) is 10.0 Å². The number of aromatic nitrogens is 2. The van der Waals surface area contributed by atoms with Crippen LogP contribution in [0.25, 0.3) is 16.9 Å². The number of rotatable bonds is 5. The number of benzene rings is 2. The normalized spacial score (nSPS) is 21.0. The molecule has 6 nitrogen and oxygen atoms in total. The molecular weight excluding hydrogens is 432 g/mol. The molecule has 174 valence electrons. The molecule has 0 bridgehead atoms. The highest BCUT2D eigenvalue weighted by Gasteiger charge is 2.35. The van der Waals surface area contributed by atoms with Crippen molar-refractivity contribution in [3.8, 4) is 16.9 Å². The molecule has 0 saturated carbocycles. The van der Waals surface area contributed by atoms with Crippen LogP contribution in [0.5, 0.6) is 0 Å². The molecule has 3 aromatic rings. The summed E-state index contributed by atoms with van der Waals surface area (Å²) in [6.45, 7) is 5.36. The Hall–Kier alpha value is -2.48. The summed E-state index contributed by atoms with van der Waals surface area (Å²) in [4.78, 5) is 2.49. The molecule has 3 heterocycles. The van der Waals surface area contributed by atoms with E-state index in [2.05, 4.69) is 71.1 Å². The fourth-order valence-electron chi connectivity index (χ4n) is 5.20. The fraction of sp³-hybridized carbons (Fsp3) is 0.423. The molecule has 5 rings (SSSR count). The van der Waals surface area contributed by atoms with Crippen molar-refractivity contribution in [3.63, 3.8) is 0 Å². The topological polar surface area (TPSA) is 58.4 Å². The van der Waals surface area contributed by atoms with E-state index in [0.29, 0.717) is 25.0 Å². The zero-order valence-corrected chi connectivity index (χ0v) is 20.2. The number of piperidine rings is 1. The van der Waals surface area contributed by atoms with Gasteiger partial charge in [-0.2, -0.15) is 5.10 Å². The maximum absolute atomic E-state index is 11.9. The molecule has 2 saturated heterocycles. The summed E-state index contributed by atoms with van der Waals surface area (Å²) in [5.74, 6) is 0.431. The van der Waals surface area contributed by atoms with Gasteiger partial charge in [-0.15, -0.1) is 0 Å². The van der Waals surface area contributed by atoms with E-state index >= 15 is 0 Å². The molecule has 1 atom stereocenters. The molecule has 0 spiro atoms. The number of hydrogen-bond donors (Lipinski definition) is 0. The van der Waals surface area contributed by atoms with Crippen LogP contribution in [0.2, 0.25) is 0 Å². The average molecular weight is 465 g/mol. The molecule has 2 aliphatic rings. The lowest BCUT2D eigenvalue weighted by molar-refractivity contribution is 0.156. The van der Waals surface area contributed by atoms with E-state index < -0.39 is 10.0 Å². The molecule has 0 aliphatic carbocycles. The number of para-hydroxylation sites is 1. The van der Waals surface area contributed by atoms with Crippen molar-refractivity contribution in [1.29, 1.82) is 0 Å². The predicted molar refractivity (Wildman–Crippen MR) is 132 cm³/mol. The van der Waals surface area contributed by atoms with E-state index in [1.54, 1.807) is 4.31 Å². The fourth-order valence-corrected chi connectivity index (χ4v) is 6.08. The minimum Gasteiger partial charge on any atom is -0.299 e. The van der Waals surface area contributed by atoms with Crippen LogP contribution >= 0.6 is 0 Å². The quantitative estimate of drug-likeness (QED) is 0.571. The summed E-state index contributed by atoms with van der Waals surface area (Å²) in [6.07, 6.45) is 4.36. The van der Waals surface area contributed by atoms with Crippen molar-refractivity contribution >= 4 is 10.0 Å². The van der Waals surface area contributed by atoms with E-state index in [1.807, 2.05) is 6.07 Å². The zero-order chi connectivity index (χ0) is 23.0. The van der Waals surface area contributed by atoms with Crippen LogP contribution in [0, 0.1) is 6.92 Å². The molecule has 7 heteroatoms. The second kappa shape index (κ2) is 9.05. The van der Waals surface area contributed by atoms with Crippen LogP contribution in [0.4, 0.5) is 0 Å². The van der Waals surface area contributed by atoms with E-state index in [4.69, 9.17) is 5.10 Å². The van der Waals surface area contributed by atoms with Gasteiger partial charge in [0.15, 0.2) is 0 Å². The molecule has 2 aliphatic heterocycles. The van der Waals surface area contributed by atoms with E-state index in [9.17, 15) is 8.42 Å². The third kappa shape index (κ3) is 4.76. The highest BCUT2D eigenvalue weighted by atomic mass is 32.2. The smallest absolute Gasteiger partial charge is 0.211 e. The monoisotopic (exact) mass is 464 g/mol. The molecule has 2 aromatic carbocycles. The Morgan fingerprint density at radius 2 is 1.61 bits per heavy atom. The average Bonchev–Trinajstić information content (AvgIpc) is 3.49. The van der Waals surface area contributed by atoms with Gasteiger partial charge in [0.1, 0.15) is 0 Å². The zero-order valence-electron chi connectivity index (χ0n) is 19.4. The Labute approximate surface area is 196 Å². The second-order valence-corrected chi connectivity index (χ2v) is 11.4. The Balaban J connectivity index is 1.36. The number of likely N-dealkylation sites (tertiary alicyclic amines) is 1. The number of aryl methyl sites for hydroxylation is 1. The number of hydrogen-bond acceptors (Lipinski definition) is 4. The first kappa shape index (κ1) is 22.3. The van der Waals surface area contributed by atoms with Gasteiger partial charge in [0.2, 0.25) is 10.0 Å². The SMILES string of the molecule is Cc1ccc(-c2cc(C3CCN(C4CCN(S(C)(=O)=O)C4)CC3)n(-c3ccccc3)n2)cc1. The lowest BCUT2D eigenvalue weighted by Gasteiger charge is -2.36. The summed E-state index contributed by atoms with van der Waals surface area (Å²) in [6, 6.07) is 21.5. The third-order valence-electron chi connectivity index (χ3n) is 7.14. The van der Waals surface area contributed by atoms with Gasteiger partial charge in [0, 0.05) is 36.3 Å². The Kier molecular flexibility index (Phi) is 6.12. The Bertz CT molecular complexity index is 1200. The summed E-state index contributed by atoms with van der Waals surface area (Å²) >= 11 is 0. The van der Waals surface area contributed by atoms with E-state index in [1.165, 1.54) is 17.5 Å². The lowest BCUT2D eigenvalue weighted by atomic mass is 9.91. The van der Waals surface area contributed by atoms with Gasteiger partial charge < -0.3 is 0 Å². The maximum atomic E-state index is 11.9. The Morgan fingerprint density at radius 1 is 0.909 bits per heavy atom. The first-order valence-corrected chi connectivity index (χ1v) is 13.6. The van der Waals surface area contributed by atoms with Crippen LogP contribution in [0.15, 0.2) is 60.7 Å². The van der Waals surface area contributed by atoms with Crippen molar-refractivity contribution in [2.45, 2.75) is 38.1 Å². The molecule has 1 unspecified atom stereocenters. The van der Waals surface area contributed by atoms with Crippen molar-refractivity contribution in [1.82, 2.24) is 19.0 Å². The predicted octanol–water partition coefficient (Wildman–Crippen LogP) is 4.06. The molecule has 2 fully saturated rings. The molecular formula is C26H32N4O2S. The summed E-state index contributed by atoms with van der Waals surface area (Å²) < 4.78 is 27.6. The highest BCUT2D eigenvalue weighted by Crippen LogP contribution is 2.34. The first-order chi connectivity index (χ1) is 15.9. The summed E-state index contributed by atoms with van der Waals surface area (Å²) in [5.41, 5.74) is 5.75. The van der Waals surface area contributed by atoms with Crippen molar-refractivity contribution in [2.75, 3.05) is 32.4 Å². The van der Waals surface area contributed by atoms with Crippen molar-refractivity contribution in [3.05, 3.63) is 71.9 Å². The van der Waals surface area contributed by atoms with Crippen LogP contribution in [0.1, 0.15) is 36.4 Å². The minimum absolute atomic E-state index is 0.336. The largest absolute Gasteiger partial charge is 0.299 e. The summed E-state index contributed by atoms with van der Waals surface area (Å²) in [5, 5.41) is 5.02. The standard InChI is InChI=1S/C26H32N4O2S/c1-20-8-10-21(11-9-20)25-18-26(30(27-25)23-6-4-3-5-7-23)22-12-15-28(16-13-22)24-14-17-29(19-24)33(2,31)32/h3-11,18,22,24H,12-17,19H2,1-2H3. The van der Waals surface area contributed by atoms with E-state index in [0.717, 1.165) is 49.3 Å². The minimum atomic E-state index is -3.10. The second-order valence-electron chi connectivity index (χ2n) is 9.44. The van der Waals surface area contributed by atoms with Crippen LogP contribution < -0.4 is 0 Å². The van der Waals surface area contributed by atoms with Gasteiger partial charge in [0.25, 0.3) is 0 Å². The molecule has 1 aromatic heterocycles. The summed E-state index contributed by atoms with van der Waals surface area (Å²) in [7, 11) is -3.10. The highest BCUT2D eigenvalue weighted by molar-refractivity contribution is 7.88. The maximum Gasteiger partial charge on any atom is 0.211 e. The molecule has 0 amide bonds. The van der Waals surface area contributed by atoms with E-state index in [-0.39, 0.29) is 0 Å². The molecule has 0 N–H and O–H groups in total. The van der Waals surface area contributed by atoms with Gasteiger partial charge in [-0.3, -0.25) is 4.90 Å². The van der Waals surface area contributed by atoms with Crippen molar-refractivity contribution < 1.29 is 8.42 Å². The van der Waals surface area contributed by atoms with Gasteiger partial charge in [-0.25, -0.2) is 17.4 Å².